The van der Waals surface area contributed by atoms with Crippen molar-refractivity contribution in [3.05, 3.63) is 82.7 Å². The van der Waals surface area contributed by atoms with Gasteiger partial charge in [0.25, 0.3) is 5.69 Å². The predicted octanol–water partition coefficient (Wildman–Crippen LogP) is 4.38. The third kappa shape index (κ3) is 4.41. The number of benzene rings is 1. The molecule has 0 bridgehead atoms. The van der Waals surface area contributed by atoms with E-state index in [1.54, 1.807) is 49.0 Å². The van der Waals surface area contributed by atoms with Crippen molar-refractivity contribution < 1.29 is 23.6 Å². The van der Waals surface area contributed by atoms with E-state index in [0.29, 0.717) is 23.3 Å². The summed E-state index contributed by atoms with van der Waals surface area (Å²) < 4.78 is 28.3. The van der Waals surface area contributed by atoms with E-state index in [2.05, 4.69) is 10.2 Å². The molecule has 0 saturated heterocycles. The summed E-state index contributed by atoms with van der Waals surface area (Å²) in [7, 11) is 0. The van der Waals surface area contributed by atoms with Crippen LogP contribution in [0.2, 0.25) is 0 Å². The summed E-state index contributed by atoms with van der Waals surface area (Å²) in [5, 5.41) is 18.9. The number of non-ortho nitro benzene ring substituents is 1. The Balaban J connectivity index is 1.60. The Labute approximate surface area is 180 Å². The number of nitro groups is 1. The molecule has 1 aromatic carbocycles. The minimum Gasteiger partial charge on any atom is -0.452 e. The van der Waals surface area contributed by atoms with Gasteiger partial charge in [-0.2, -0.15) is 14.9 Å². The van der Waals surface area contributed by atoms with Crippen LogP contribution >= 0.6 is 0 Å². The van der Waals surface area contributed by atoms with Crippen molar-refractivity contribution >= 4 is 17.3 Å². The molecule has 0 aliphatic heterocycles. The third-order valence-corrected chi connectivity index (χ3v) is 4.56. The van der Waals surface area contributed by atoms with Gasteiger partial charge in [-0.3, -0.25) is 10.1 Å². The molecule has 0 spiro atoms. The quantitative estimate of drug-likeness (QED) is 0.324. The molecule has 3 aromatic heterocycles. The van der Waals surface area contributed by atoms with Crippen LogP contribution in [0.25, 0.3) is 5.52 Å². The fourth-order valence-corrected chi connectivity index (χ4v) is 3.22. The number of nitrogens with zero attached hydrogens (tertiary/aromatic N) is 5. The number of carbonyl (C=O) groups excluding carboxylic acids is 1. The number of nitro benzene ring substituents is 1. The molecule has 0 unspecified atom stereocenters. The number of aromatic nitrogens is 4. The lowest BCUT2D eigenvalue weighted by Gasteiger charge is -2.25. The van der Waals surface area contributed by atoms with Crippen LogP contribution in [0, 0.1) is 15.9 Å². The molecule has 0 aliphatic rings. The monoisotopic (exact) mass is 439 g/mol. The summed E-state index contributed by atoms with van der Waals surface area (Å²) >= 11 is 0. The van der Waals surface area contributed by atoms with E-state index in [9.17, 15) is 19.3 Å². The SMILES string of the molecule is CC(C)(Cc1cc(Oc2ccc([N+](=O)[O-])cc2F)c2ccnn2c1)OC(=O)n1cccn1. The summed E-state index contributed by atoms with van der Waals surface area (Å²) in [5.74, 6) is -0.738. The van der Waals surface area contributed by atoms with Crippen LogP contribution in [0.1, 0.15) is 19.4 Å². The van der Waals surface area contributed by atoms with Crippen LogP contribution < -0.4 is 4.74 Å². The van der Waals surface area contributed by atoms with Gasteiger partial charge in [0.2, 0.25) is 0 Å². The van der Waals surface area contributed by atoms with Gasteiger partial charge in [0.05, 0.1) is 17.2 Å². The van der Waals surface area contributed by atoms with Crippen molar-refractivity contribution in [3.8, 4) is 11.5 Å². The lowest BCUT2D eigenvalue weighted by Crippen LogP contribution is -2.33. The molecular formula is C21H18FN5O5. The van der Waals surface area contributed by atoms with Crippen molar-refractivity contribution in [2.75, 3.05) is 0 Å². The molecule has 3 heterocycles. The van der Waals surface area contributed by atoms with Gasteiger partial charge in [-0.15, -0.1) is 0 Å². The zero-order chi connectivity index (χ0) is 22.9. The standard InChI is InChI=1S/C21H18FN5O5/c1-21(2,32-20(28)25-9-3-7-23-25)12-14-10-19(17-6-8-24-26(17)13-14)31-18-5-4-15(27(29)30)11-16(18)22/h3-11,13H,12H2,1-2H3. The van der Waals surface area contributed by atoms with E-state index in [1.807, 2.05) is 0 Å². The Morgan fingerprint density at radius 1 is 1.19 bits per heavy atom. The first-order valence-corrected chi connectivity index (χ1v) is 9.53. The van der Waals surface area contributed by atoms with Crippen LogP contribution in [0.15, 0.2) is 61.2 Å². The molecule has 0 N–H and O–H groups in total. The number of ether oxygens (including phenoxy) is 2. The van der Waals surface area contributed by atoms with Crippen molar-refractivity contribution in [2.45, 2.75) is 25.9 Å². The number of hydrogen-bond acceptors (Lipinski definition) is 7. The number of carbonyl (C=O) groups is 1. The van der Waals surface area contributed by atoms with E-state index >= 15 is 0 Å². The van der Waals surface area contributed by atoms with Crippen LogP contribution in [-0.2, 0) is 11.2 Å². The van der Waals surface area contributed by atoms with Crippen LogP contribution in [0.5, 0.6) is 11.5 Å². The Morgan fingerprint density at radius 2 is 2.00 bits per heavy atom. The van der Waals surface area contributed by atoms with Gasteiger partial charge in [0.1, 0.15) is 11.1 Å². The van der Waals surface area contributed by atoms with Crippen LogP contribution in [0.3, 0.4) is 0 Å². The van der Waals surface area contributed by atoms with Gasteiger partial charge < -0.3 is 9.47 Å². The van der Waals surface area contributed by atoms with Gasteiger partial charge in [-0.1, -0.05) is 0 Å². The molecule has 11 heteroatoms. The molecule has 0 atom stereocenters. The predicted molar refractivity (Wildman–Crippen MR) is 110 cm³/mol. The van der Waals surface area contributed by atoms with Crippen LogP contribution in [-0.4, -0.2) is 36.0 Å². The first-order chi connectivity index (χ1) is 15.2. The summed E-state index contributed by atoms with van der Waals surface area (Å²) in [6, 6.07) is 8.13. The van der Waals surface area contributed by atoms with E-state index < -0.39 is 22.4 Å². The second-order valence-electron chi connectivity index (χ2n) is 7.60. The van der Waals surface area contributed by atoms with Crippen molar-refractivity contribution in [3.63, 3.8) is 0 Å². The van der Waals surface area contributed by atoms with E-state index in [-0.39, 0.29) is 11.4 Å². The lowest BCUT2D eigenvalue weighted by atomic mass is 9.99. The zero-order valence-corrected chi connectivity index (χ0v) is 17.1. The molecule has 0 fully saturated rings. The van der Waals surface area contributed by atoms with Gasteiger partial charge in [-0.05, 0) is 43.7 Å². The molecule has 4 aromatic rings. The smallest absolute Gasteiger partial charge is 0.435 e. The Morgan fingerprint density at radius 3 is 2.69 bits per heavy atom. The van der Waals surface area contributed by atoms with Crippen molar-refractivity contribution in [1.29, 1.82) is 0 Å². The zero-order valence-electron chi connectivity index (χ0n) is 17.1. The summed E-state index contributed by atoms with van der Waals surface area (Å²) in [6.07, 6.45) is 5.94. The molecule has 4 rings (SSSR count). The minimum absolute atomic E-state index is 0.166. The molecule has 0 radical (unpaired) electrons. The maximum atomic E-state index is 14.4. The number of pyridine rings is 1. The summed E-state index contributed by atoms with van der Waals surface area (Å²) in [4.78, 5) is 22.4. The third-order valence-electron chi connectivity index (χ3n) is 4.56. The molecule has 0 amide bonds. The average molecular weight is 439 g/mol. The normalized spacial score (nSPS) is 11.5. The summed E-state index contributed by atoms with van der Waals surface area (Å²) in [6.45, 7) is 3.50. The number of halogens is 1. The number of hydrogen-bond donors (Lipinski definition) is 0. The first kappa shape index (κ1) is 21.0. The molecule has 10 nitrogen and oxygen atoms in total. The molecule has 0 saturated carbocycles. The highest BCUT2D eigenvalue weighted by Crippen LogP contribution is 2.32. The van der Waals surface area contributed by atoms with Gasteiger partial charge >= 0.3 is 6.09 Å². The van der Waals surface area contributed by atoms with E-state index in [0.717, 1.165) is 16.8 Å². The Hall–Kier alpha value is -4.28. The largest absolute Gasteiger partial charge is 0.452 e. The maximum Gasteiger partial charge on any atom is 0.435 e. The Kier molecular flexibility index (Phi) is 5.31. The first-order valence-electron chi connectivity index (χ1n) is 9.53. The van der Waals surface area contributed by atoms with Gasteiger partial charge in [0.15, 0.2) is 17.3 Å². The van der Waals surface area contributed by atoms with Crippen molar-refractivity contribution in [1.82, 2.24) is 19.4 Å². The van der Waals surface area contributed by atoms with Crippen LogP contribution in [0.4, 0.5) is 14.9 Å². The Bertz CT molecular complexity index is 1300. The summed E-state index contributed by atoms with van der Waals surface area (Å²) in [5.41, 5.74) is -0.00630. The molecule has 164 valence electrons. The van der Waals surface area contributed by atoms with Gasteiger partial charge in [-0.25, -0.2) is 13.7 Å². The fraction of sp³-hybridized carbons (Fsp3) is 0.190. The van der Waals surface area contributed by atoms with E-state index in [4.69, 9.17) is 9.47 Å². The highest BCUT2D eigenvalue weighted by molar-refractivity contribution is 5.69. The highest BCUT2D eigenvalue weighted by Gasteiger charge is 2.26. The topological polar surface area (TPSA) is 114 Å². The number of fused-ring (bicyclic) bond motifs is 1. The van der Waals surface area contributed by atoms with E-state index in [1.165, 1.54) is 18.5 Å². The van der Waals surface area contributed by atoms with Gasteiger partial charge in [0, 0.05) is 31.1 Å². The second kappa shape index (κ2) is 8.10. The molecule has 0 aliphatic carbocycles. The second-order valence-corrected chi connectivity index (χ2v) is 7.60. The highest BCUT2D eigenvalue weighted by atomic mass is 19.1. The maximum absolute atomic E-state index is 14.4. The number of rotatable bonds is 6. The average Bonchev–Trinajstić information content (AvgIpc) is 3.40. The minimum atomic E-state index is -0.903. The fourth-order valence-electron chi connectivity index (χ4n) is 3.22. The van der Waals surface area contributed by atoms with Crippen molar-refractivity contribution in [2.24, 2.45) is 0 Å². The molecule has 32 heavy (non-hydrogen) atoms. The lowest BCUT2D eigenvalue weighted by molar-refractivity contribution is -0.385. The molecular weight excluding hydrogens is 421 g/mol.